The Morgan fingerprint density at radius 2 is 1.40 bits per heavy atom. The van der Waals surface area contributed by atoms with Crippen molar-refractivity contribution in [2.75, 3.05) is 12.9 Å². The van der Waals surface area contributed by atoms with E-state index in [1.54, 1.807) is 42.0 Å². The molecule has 0 amide bonds. The second-order valence-electron chi connectivity index (χ2n) is 7.91. The van der Waals surface area contributed by atoms with E-state index in [0.717, 1.165) is 11.1 Å². The normalized spacial score (nSPS) is 13.0. The lowest BCUT2D eigenvalue weighted by atomic mass is 10.2. The van der Waals surface area contributed by atoms with Gasteiger partial charge in [0.15, 0.2) is 5.16 Å². The first-order valence-electron chi connectivity index (χ1n) is 10.5. The van der Waals surface area contributed by atoms with E-state index in [0.29, 0.717) is 10.7 Å². The monoisotopic (exact) mass is 538 g/mol. The maximum Gasteiger partial charge on any atom is 0.297 e. The highest BCUT2D eigenvalue weighted by Crippen LogP contribution is 2.20. The van der Waals surface area contributed by atoms with Crippen LogP contribution in [-0.4, -0.2) is 45.4 Å². The standard InChI is InChI=1S/C23H26N2O7S3/c1-16-5-9-20(10-6-16)34(27,28)31-15-19(14-25-13-18(3)22(26)24-23(25)33-4)32-35(29,30)21-11-7-17(2)8-12-21/h5-13,19H,14-15H2,1-4H3/t19-/m0/s1. The number of nitrogens with zero attached hydrogens (tertiary/aromatic N) is 2. The van der Waals surface area contributed by atoms with Crippen LogP contribution in [0, 0.1) is 20.8 Å². The lowest BCUT2D eigenvalue weighted by Crippen LogP contribution is -2.31. The molecule has 0 unspecified atom stereocenters. The first-order chi connectivity index (χ1) is 16.4. The molecule has 0 aliphatic carbocycles. The zero-order chi connectivity index (χ0) is 25.8. The predicted octanol–water partition coefficient (Wildman–Crippen LogP) is 3.07. The average molecular weight is 539 g/mol. The van der Waals surface area contributed by atoms with Crippen molar-refractivity contribution in [1.82, 2.24) is 9.55 Å². The van der Waals surface area contributed by atoms with Gasteiger partial charge in [0.05, 0.1) is 22.9 Å². The molecule has 1 atom stereocenters. The molecule has 1 heterocycles. The van der Waals surface area contributed by atoms with Gasteiger partial charge in [-0.3, -0.25) is 13.2 Å². The molecule has 3 rings (SSSR count). The molecule has 0 aliphatic heterocycles. The van der Waals surface area contributed by atoms with Crippen LogP contribution in [0.4, 0.5) is 0 Å². The van der Waals surface area contributed by atoms with Gasteiger partial charge in [0.25, 0.3) is 25.8 Å². The molecule has 0 bridgehead atoms. The van der Waals surface area contributed by atoms with E-state index in [1.807, 2.05) is 13.8 Å². The number of aryl methyl sites for hydroxylation is 3. The molecule has 0 saturated carbocycles. The molecule has 0 N–H and O–H groups in total. The summed E-state index contributed by atoms with van der Waals surface area (Å²) in [7, 11) is -8.42. The van der Waals surface area contributed by atoms with Gasteiger partial charge < -0.3 is 4.57 Å². The summed E-state index contributed by atoms with van der Waals surface area (Å²) >= 11 is 1.19. The number of benzene rings is 2. The summed E-state index contributed by atoms with van der Waals surface area (Å²) in [6, 6.07) is 12.1. The molecule has 0 aliphatic rings. The number of hydrogen-bond acceptors (Lipinski definition) is 9. The minimum atomic E-state index is -4.25. The molecule has 9 nitrogen and oxygen atoms in total. The molecule has 188 valence electrons. The van der Waals surface area contributed by atoms with Crippen molar-refractivity contribution in [3.05, 3.63) is 81.8 Å². The molecular formula is C23H26N2O7S3. The van der Waals surface area contributed by atoms with E-state index in [1.165, 1.54) is 42.2 Å². The van der Waals surface area contributed by atoms with Crippen LogP contribution in [0.25, 0.3) is 0 Å². The first kappa shape index (κ1) is 27.1. The highest BCUT2D eigenvalue weighted by molar-refractivity contribution is 7.98. The van der Waals surface area contributed by atoms with Crippen molar-refractivity contribution >= 4 is 32.0 Å². The fraction of sp³-hybridized carbons (Fsp3) is 0.304. The second-order valence-corrected chi connectivity index (χ2v) is 11.9. The highest BCUT2D eigenvalue weighted by atomic mass is 32.2. The van der Waals surface area contributed by atoms with E-state index in [9.17, 15) is 21.6 Å². The van der Waals surface area contributed by atoms with Gasteiger partial charge in [0.1, 0.15) is 6.10 Å². The van der Waals surface area contributed by atoms with Gasteiger partial charge in [0.2, 0.25) is 0 Å². The van der Waals surface area contributed by atoms with Gasteiger partial charge in [-0.05, 0) is 51.3 Å². The van der Waals surface area contributed by atoms with E-state index in [4.69, 9.17) is 8.37 Å². The van der Waals surface area contributed by atoms with Gasteiger partial charge in [-0.1, -0.05) is 47.2 Å². The SMILES string of the molecule is CSc1nc(=O)c(C)cn1C[C@@H](COS(=O)(=O)c1ccc(C)cc1)OS(=O)(=O)c1ccc(C)cc1. The van der Waals surface area contributed by atoms with Crippen LogP contribution in [0.5, 0.6) is 0 Å². The van der Waals surface area contributed by atoms with Gasteiger partial charge >= 0.3 is 0 Å². The fourth-order valence-corrected chi connectivity index (χ4v) is 5.61. The first-order valence-corrected chi connectivity index (χ1v) is 14.5. The maximum atomic E-state index is 12.9. The smallest absolute Gasteiger partial charge is 0.297 e. The Morgan fingerprint density at radius 3 is 1.91 bits per heavy atom. The molecule has 35 heavy (non-hydrogen) atoms. The van der Waals surface area contributed by atoms with Crippen molar-refractivity contribution in [3.63, 3.8) is 0 Å². The van der Waals surface area contributed by atoms with Crippen LogP contribution in [0.15, 0.2) is 74.5 Å². The second kappa shape index (κ2) is 11.0. The lowest BCUT2D eigenvalue weighted by molar-refractivity contribution is 0.119. The Bertz CT molecular complexity index is 1450. The van der Waals surface area contributed by atoms with Crippen molar-refractivity contribution in [3.8, 4) is 0 Å². The molecule has 0 spiro atoms. The van der Waals surface area contributed by atoms with Crippen LogP contribution >= 0.6 is 11.8 Å². The minimum Gasteiger partial charge on any atom is -0.324 e. The van der Waals surface area contributed by atoms with E-state index < -0.39 is 38.5 Å². The predicted molar refractivity (Wildman–Crippen MR) is 133 cm³/mol. The van der Waals surface area contributed by atoms with Crippen molar-refractivity contribution in [2.24, 2.45) is 0 Å². The number of thioether (sulfide) groups is 1. The summed E-state index contributed by atoms with van der Waals surface area (Å²) in [6.07, 6.45) is 1.99. The van der Waals surface area contributed by atoms with Crippen LogP contribution in [0.2, 0.25) is 0 Å². The molecule has 3 aromatic rings. The van der Waals surface area contributed by atoms with Crippen LogP contribution in [-0.2, 0) is 35.1 Å². The third kappa shape index (κ3) is 7.01. The largest absolute Gasteiger partial charge is 0.324 e. The number of aromatic nitrogens is 2. The van der Waals surface area contributed by atoms with Crippen molar-refractivity contribution in [1.29, 1.82) is 0 Å². The van der Waals surface area contributed by atoms with E-state index >= 15 is 0 Å². The zero-order valence-electron chi connectivity index (χ0n) is 19.7. The van der Waals surface area contributed by atoms with Gasteiger partial charge in [-0.25, -0.2) is 0 Å². The van der Waals surface area contributed by atoms with Gasteiger partial charge in [-0.2, -0.15) is 21.8 Å². The molecule has 0 saturated heterocycles. The van der Waals surface area contributed by atoms with Crippen molar-refractivity contribution in [2.45, 2.75) is 48.4 Å². The van der Waals surface area contributed by atoms with Crippen LogP contribution < -0.4 is 5.56 Å². The zero-order valence-corrected chi connectivity index (χ0v) is 22.1. The quantitative estimate of drug-likeness (QED) is 0.218. The third-order valence-electron chi connectivity index (χ3n) is 5.00. The van der Waals surface area contributed by atoms with Crippen LogP contribution in [0.3, 0.4) is 0 Å². The van der Waals surface area contributed by atoms with Gasteiger partial charge in [-0.15, -0.1) is 0 Å². The fourth-order valence-electron chi connectivity index (χ4n) is 3.09. The third-order valence-corrected chi connectivity index (χ3v) is 8.37. The topological polar surface area (TPSA) is 122 Å². The number of rotatable bonds is 10. The summed E-state index contributed by atoms with van der Waals surface area (Å²) in [5.74, 6) is 0. The minimum absolute atomic E-state index is 0.0612. The Balaban J connectivity index is 1.92. The summed E-state index contributed by atoms with van der Waals surface area (Å²) < 4.78 is 63.5. The molecule has 2 aromatic carbocycles. The van der Waals surface area contributed by atoms with Crippen molar-refractivity contribution < 1.29 is 25.2 Å². The van der Waals surface area contributed by atoms with E-state index in [-0.39, 0.29) is 16.3 Å². The van der Waals surface area contributed by atoms with Crippen LogP contribution in [0.1, 0.15) is 16.7 Å². The van der Waals surface area contributed by atoms with E-state index in [2.05, 4.69) is 4.98 Å². The molecular weight excluding hydrogens is 512 g/mol. The summed E-state index contributed by atoms with van der Waals surface area (Å²) in [5.41, 5.74) is 1.68. The maximum absolute atomic E-state index is 12.9. The highest BCUT2D eigenvalue weighted by Gasteiger charge is 2.26. The average Bonchev–Trinajstić information content (AvgIpc) is 2.80. The Hall–Kier alpha value is -2.51. The Kier molecular flexibility index (Phi) is 8.54. The lowest BCUT2D eigenvalue weighted by Gasteiger charge is -2.21. The molecule has 12 heteroatoms. The molecule has 1 aromatic heterocycles. The summed E-state index contributed by atoms with van der Waals surface area (Å²) in [5, 5.41) is 0.323. The molecule has 0 fully saturated rings. The number of hydrogen-bond donors (Lipinski definition) is 0. The summed E-state index contributed by atoms with van der Waals surface area (Å²) in [4.78, 5) is 15.8. The molecule has 0 radical (unpaired) electrons. The summed E-state index contributed by atoms with van der Waals surface area (Å²) in [6.45, 7) is 4.51. The Labute approximate surface area is 209 Å². The van der Waals surface area contributed by atoms with Gasteiger partial charge in [0, 0.05) is 11.8 Å². The Morgan fingerprint density at radius 1 is 0.886 bits per heavy atom.